The van der Waals surface area contributed by atoms with Crippen molar-refractivity contribution in [1.82, 2.24) is 4.90 Å². The van der Waals surface area contributed by atoms with E-state index in [0.29, 0.717) is 28.1 Å². The summed E-state index contributed by atoms with van der Waals surface area (Å²) < 4.78 is 75.9. The number of ether oxygens (including phenoxy) is 1. The molecule has 1 saturated heterocycles. The number of benzene rings is 2. The minimum atomic E-state index is -4.44. The topological polar surface area (TPSA) is 36.5 Å². The number of nitrogens with one attached hydrogen (secondary N) is 2. The number of alkyl halides is 5. The molecule has 3 aromatic rings. The lowest BCUT2D eigenvalue weighted by Gasteiger charge is -2.37. The van der Waals surface area contributed by atoms with Gasteiger partial charge in [0.15, 0.2) is 0 Å². The Morgan fingerprint density at radius 2 is 1.95 bits per heavy atom. The second-order valence-electron chi connectivity index (χ2n) is 9.80. The molecule has 11 heteroatoms. The molecule has 2 aromatic carbocycles. The van der Waals surface area contributed by atoms with Crippen LogP contribution >= 0.6 is 19.3 Å². The van der Waals surface area contributed by atoms with Gasteiger partial charge in [0.2, 0.25) is 0 Å². The number of nitrogens with zero attached hydrogens (tertiary/aromatic N) is 1. The lowest BCUT2D eigenvalue weighted by Crippen LogP contribution is -2.53. The molecule has 1 aromatic heterocycles. The number of fused-ring (bicyclic) bond motifs is 1. The van der Waals surface area contributed by atoms with Crippen LogP contribution in [0.5, 0.6) is 5.75 Å². The summed E-state index contributed by atoms with van der Waals surface area (Å²) >= 11 is 1.10. The summed E-state index contributed by atoms with van der Waals surface area (Å²) in [6, 6.07) is 9.61. The number of methoxy groups -OCH3 is 1. The summed E-state index contributed by atoms with van der Waals surface area (Å²) in [7, 11) is 2.93. The summed E-state index contributed by atoms with van der Waals surface area (Å²) in [6.45, 7) is 4.61. The van der Waals surface area contributed by atoms with Crippen molar-refractivity contribution in [2.45, 2.75) is 31.0 Å². The van der Waals surface area contributed by atoms with Gasteiger partial charge in [0.05, 0.1) is 53.6 Å². The van der Waals surface area contributed by atoms with Crippen LogP contribution in [-0.2, 0) is 6.42 Å². The molecule has 4 rings (SSSR count). The number of hydrogen-bond acceptors (Lipinski definition) is 5. The predicted molar refractivity (Wildman–Crippen MR) is 153 cm³/mol. The highest BCUT2D eigenvalue weighted by Gasteiger charge is 2.44. The van der Waals surface area contributed by atoms with Gasteiger partial charge in [0.1, 0.15) is 5.75 Å². The number of rotatable bonds is 7. The van der Waals surface area contributed by atoms with Gasteiger partial charge in [0, 0.05) is 6.54 Å². The number of halogens is 5. The van der Waals surface area contributed by atoms with Gasteiger partial charge in [-0.05, 0) is 61.3 Å². The molecule has 1 aliphatic heterocycles. The predicted octanol–water partition coefficient (Wildman–Crippen LogP) is 6.60. The fourth-order valence-electron chi connectivity index (χ4n) is 4.60. The first-order valence-electron chi connectivity index (χ1n) is 12.4. The third kappa shape index (κ3) is 7.13. The molecular formula is C28H31F5N3OPS. The average Bonchev–Trinajstić information content (AvgIpc) is 3.19. The summed E-state index contributed by atoms with van der Waals surface area (Å²) in [6.07, 6.45) is -5.37. The van der Waals surface area contributed by atoms with E-state index < -0.39 is 24.6 Å². The van der Waals surface area contributed by atoms with E-state index in [1.807, 2.05) is 18.2 Å². The Balaban J connectivity index is 1.62. The summed E-state index contributed by atoms with van der Waals surface area (Å²) in [5.41, 5.74) is 1.21. The van der Waals surface area contributed by atoms with Crippen molar-refractivity contribution in [3.05, 3.63) is 46.8 Å². The van der Waals surface area contributed by atoms with Crippen LogP contribution < -0.4 is 20.7 Å². The highest BCUT2D eigenvalue weighted by atomic mass is 32.1. The van der Waals surface area contributed by atoms with Gasteiger partial charge in [0.25, 0.3) is 5.92 Å². The normalized spacial score (nSPS) is 17.6. The molecule has 0 aliphatic carbocycles. The van der Waals surface area contributed by atoms with Gasteiger partial charge in [-0.2, -0.15) is 13.2 Å². The van der Waals surface area contributed by atoms with E-state index in [9.17, 15) is 22.0 Å². The Morgan fingerprint density at radius 1 is 1.18 bits per heavy atom. The molecule has 1 fully saturated rings. The fraction of sp³-hybridized carbons (Fsp3) is 0.429. The SMILES string of the molecule is COc1cc(P(C)C)ccc1NCC#Cc1sc2c(NC3CCN(C)CC3(F)F)cccc2c1CC(F)(F)F. The Morgan fingerprint density at radius 3 is 2.62 bits per heavy atom. The number of anilines is 2. The Labute approximate surface area is 230 Å². The molecule has 0 radical (unpaired) electrons. The van der Waals surface area contributed by atoms with Crippen LogP contribution in [0, 0.1) is 11.8 Å². The Bertz CT molecular complexity index is 1380. The van der Waals surface area contributed by atoms with Crippen molar-refractivity contribution in [3.63, 3.8) is 0 Å². The van der Waals surface area contributed by atoms with E-state index in [4.69, 9.17) is 4.74 Å². The highest BCUT2D eigenvalue weighted by Crippen LogP contribution is 2.40. The molecular weight excluding hydrogens is 552 g/mol. The van der Waals surface area contributed by atoms with Crippen LogP contribution in [0.4, 0.5) is 33.3 Å². The molecule has 4 nitrogen and oxygen atoms in total. The maximum absolute atomic E-state index is 14.7. The number of thiophene rings is 1. The van der Waals surface area contributed by atoms with E-state index >= 15 is 0 Å². The zero-order valence-corrected chi connectivity index (χ0v) is 23.9. The van der Waals surface area contributed by atoms with E-state index in [2.05, 4.69) is 35.8 Å². The molecule has 2 heterocycles. The van der Waals surface area contributed by atoms with Gasteiger partial charge < -0.3 is 20.3 Å². The Hall–Kier alpha value is -2.60. The quantitative estimate of drug-likeness (QED) is 0.187. The largest absolute Gasteiger partial charge is 0.495 e. The third-order valence-electron chi connectivity index (χ3n) is 6.59. The van der Waals surface area contributed by atoms with Crippen molar-refractivity contribution >= 4 is 46.0 Å². The molecule has 1 unspecified atom stereocenters. The zero-order valence-electron chi connectivity index (χ0n) is 22.2. The van der Waals surface area contributed by atoms with Crippen LogP contribution in [0.3, 0.4) is 0 Å². The number of piperidine rings is 1. The molecule has 1 atom stereocenters. The Kier molecular flexibility index (Phi) is 8.95. The summed E-state index contributed by atoms with van der Waals surface area (Å²) in [5, 5.41) is 7.66. The smallest absolute Gasteiger partial charge is 0.393 e. The van der Waals surface area contributed by atoms with E-state index in [1.165, 1.54) is 5.30 Å². The zero-order chi connectivity index (χ0) is 28.4. The maximum atomic E-state index is 14.7. The molecule has 39 heavy (non-hydrogen) atoms. The molecule has 2 N–H and O–H groups in total. The molecule has 1 aliphatic rings. The van der Waals surface area contributed by atoms with Crippen LogP contribution in [0.15, 0.2) is 36.4 Å². The average molecular weight is 584 g/mol. The maximum Gasteiger partial charge on any atom is 0.393 e. The summed E-state index contributed by atoms with van der Waals surface area (Å²) in [4.78, 5) is 1.85. The minimum Gasteiger partial charge on any atom is -0.495 e. The standard InChI is InChI=1S/C28H31F5N3OPS/c1-36-14-12-25(27(29,30)17-36)35-22-8-5-7-19-20(16-28(31,32)33)24(39-26(19)22)9-6-13-34-21-11-10-18(38(3)4)15-23(21)37-2/h5,7-8,10-11,15,25,34-35H,12-14,16-17H2,1-4H3. The molecule has 0 bridgehead atoms. The van der Waals surface area contributed by atoms with Crippen LogP contribution in [0.1, 0.15) is 16.9 Å². The van der Waals surface area contributed by atoms with Crippen LogP contribution in [0.25, 0.3) is 10.1 Å². The van der Waals surface area contributed by atoms with E-state index in [0.717, 1.165) is 17.0 Å². The van der Waals surface area contributed by atoms with Crippen molar-refractivity contribution < 1.29 is 26.7 Å². The highest BCUT2D eigenvalue weighted by molar-refractivity contribution is 7.64. The van der Waals surface area contributed by atoms with Crippen molar-refractivity contribution in [3.8, 4) is 17.6 Å². The van der Waals surface area contributed by atoms with Gasteiger partial charge in [-0.1, -0.05) is 38.0 Å². The lowest BCUT2D eigenvalue weighted by atomic mass is 10.0. The van der Waals surface area contributed by atoms with Crippen molar-refractivity contribution in [1.29, 1.82) is 0 Å². The minimum absolute atomic E-state index is 0.0648. The molecule has 0 amide bonds. The van der Waals surface area contributed by atoms with Crippen molar-refractivity contribution in [2.24, 2.45) is 0 Å². The van der Waals surface area contributed by atoms with Gasteiger partial charge in [-0.15, -0.1) is 11.3 Å². The number of hydrogen-bond donors (Lipinski definition) is 2. The van der Waals surface area contributed by atoms with Crippen molar-refractivity contribution in [2.75, 3.05) is 57.8 Å². The summed E-state index contributed by atoms with van der Waals surface area (Å²) in [5.74, 6) is 3.54. The third-order valence-corrected chi connectivity index (χ3v) is 9.09. The van der Waals surface area contributed by atoms with Gasteiger partial charge in [-0.25, -0.2) is 8.78 Å². The monoisotopic (exact) mass is 583 g/mol. The molecule has 0 spiro atoms. The molecule has 210 valence electrons. The first-order chi connectivity index (χ1) is 18.4. The number of likely N-dealkylation sites (tertiary alicyclic amines) is 1. The van der Waals surface area contributed by atoms with Gasteiger partial charge in [-0.3, -0.25) is 0 Å². The fourth-order valence-corrected chi connectivity index (χ4v) is 6.52. The first kappa shape index (κ1) is 29.4. The van der Waals surface area contributed by atoms with E-state index in [-0.39, 0.29) is 37.9 Å². The first-order valence-corrected chi connectivity index (χ1v) is 15.5. The van der Waals surface area contributed by atoms with Crippen LogP contribution in [-0.4, -0.2) is 70.2 Å². The second kappa shape index (κ2) is 11.9. The second-order valence-corrected chi connectivity index (χ2v) is 13.1. The lowest BCUT2D eigenvalue weighted by molar-refractivity contribution is -0.126. The van der Waals surface area contributed by atoms with Crippen LogP contribution in [0.2, 0.25) is 0 Å². The molecule has 0 saturated carbocycles. The van der Waals surface area contributed by atoms with E-state index in [1.54, 1.807) is 37.3 Å². The van der Waals surface area contributed by atoms with Gasteiger partial charge >= 0.3 is 6.18 Å².